The zero-order valence-corrected chi connectivity index (χ0v) is 34.1. The molecule has 3 heterocycles. The average molecular weight is 767 g/mol. The van der Waals surface area contributed by atoms with E-state index < -0.39 is 51.5 Å². The van der Waals surface area contributed by atoms with Gasteiger partial charge in [0.15, 0.2) is 0 Å². The normalized spacial score (nSPS) is 43.1. The number of hydrogen-bond donors (Lipinski definition) is 3. The molecule has 4 saturated carbocycles. The van der Waals surface area contributed by atoms with Gasteiger partial charge in [0.05, 0.1) is 34.1 Å². The van der Waals surface area contributed by atoms with E-state index in [9.17, 15) is 20.1 Å². The van der Waals surface area contributed by atoms with Gasteiger partial charge in [0.2, 0.25) is 0 Å². The molecule has 0 saturated heterocycles. The number of cyclic esters (lactones) is 1. The number of hydrogen-bond acceptors (Lipinski definition) is 7. The van der Waals surface area contributed by atoms with Gasteiger partial charge >= 0.3 is 11.9 Å². The molecule has 3 N–H and O–H groups in total. The summed E-state index contributed by atoms with van der Waals surface area (Å²) in [5.74, 6) is 6.21. The Morgan fingerprint density at radius 1 is 0.946 bits per heavy atom. The minimum Gasteiger partial charge on any atom is -0.462 e. The predicted octanol–water partition coefficient (Wildman–Crippen LogP) is 8.44. The molecule has 7 nitrogen and oxygen atoms in total. The van der Waals surface area contributed by atoms with Crippen molar-refractivity contribution < 1.29 is 34.4 Å². The quantitative estimate of drug-likeness (QED) is 0.125. The van der Waals surface area contributed by atoms with Crippen LogP contribution in [0.25, 0.3) is 0 Å². The molecule has 0 radical (unpaired) electrons. The zero-order valence-electron chi connectivity index (χ0n) is 34.1. The molecule has 4 aliphatic carbocycles. The molecular weight excluding hydrogens is 701 g/mol. The fourth-order valence-electron chi connectivity index (χ4n) is 13.9. The predicted molar refractivity (Wildman–Crippen MR) is 216 cm³/mol. The zero-order chi connectivity index (χ0) is 39.3. The summed E-state index contributed by atoms with van der Waals surface area (Å²) in [5.41, 5.74) is -3.39. The SMILES string of the molecule is C[C@H](CCCc1ccccc1)C[C@H]1/C=C/[C@H]2CCCC[C@]23CC#C[C@@]2(C)C[C@@H](OC3=O)[C@@H]3[C@]([C@H](O)CC[C@@]3(C)C3CCCC3)([C@@H]1O)[C@@]2(O)CCC1=CC(=O)OC1. The summed E-state index contributed by atoms with van der Waals surface area (Å²) in [7, 11) is 0. The number of aryl methyl sites for hydroxylation is 1. The number of allylic oxidation sites excluding steroid dienone is 1. The Kier molecular flexibility index (Phi) is 10.9. The van der Waals surface area contributed by atoms with Crippen molar-refractivity contribution in [3.8, 4) is 11.8 Å². The van der Waals surface area contributed by atoms with Gasteiger partial charge in [-0.25, -0.2) is 4.79 Å². The summed E-state index contributed by atoms with van der Waals surface area (Å²) in [6, 6.07) is 10.6. The van der Waals surface area contributed by atoms with E-state index in [1.165, 1.54) is 11.6 Å². The van der Waals surface area contributed by atoms with E-state index >= 15 is 4.79 Å². The first-order valence-electron chi connectivity index (χ1n) is 22.2. The van der Waals surface area contributed by atoms with Crippen LogP contribution >= 0.6 is 0 Å². The van der Waals surface area contributed by atoms with Crippen LogP contribution in [0.5, 0.6) is 0 Å². The number of ether oxygens (including phenoxy) is 2. The molecule has 7 heteroatoms. The molecule has 3 aliphatic heterocycles. The Balaban J connectivity index is 1.31. The van der Waals surface area contributed by atoms with Gasteiger partial charge in [-0.1, -0.05) is 94.4 Å². The molecule has 0 amide bonds. The number of rotatable bonds is 10. The summed E-state index contributed by atoms with van der Waals surface area (Å²) in [6.07, 6.45) is 17.1. The first kappa shape index (κ1) is 39.9. The Bertz CT molecular complexity index is 1750. The number of fused-ring (bicyclic) bond motifs is 2. The number of aliphatic hydroxyl groups is 3. The summed E-state index contributed by atoms with van der Waals surface area (Å²) in [4.78, 5) is 27.4. The molecular formula is C49H66O7. The minimum atomic E-state index is -1.70. The maximum Gasteiger partial charge on any atom is 0.331 e. The lowest BCUT2D eigenvalue weighted by molar-refractivity contribution is -0.342. The Morgan fingerprint density at radius 2 is 1.71 bits per heavy atom. The van der Waals surface area contributed by atoms with Crippen molar-refractivity contribution in [3.63, 3.8) is 0 Å². The van der Waals surface area contributed by atoms with Gasteiger partial charge in [-0.2, -0.15) is 0 Å². The standard InChI is InChI=1S/C49H66O7/c1-33(13-11-16-34-14-5-4-6-15-34)29-36-20-21-38-19-9-10-25-47(38)26-12-24-45(2)31-39(56-44(47)53)42-46(3,37-17-7-8-18-37)27-23-40(50)49(42,43(36)52)48(45,54)28-22-35-30-41(51)55-32-35/h4-6,14-15,20-21,30,33,36-40,42-43,50,52,54H,7-11,13,16-19,22-23,25-29,31-32H2,1-3H3/b21-20+/t33-,36-,38-,39-,40-,42+,43-,45+,46+,47+,48-,49-/m1/s1. The number of esters is 2. The summed E-state index contributed by atoms with van der Waals surface area (Å²) >= 11 is 0. The van der Waals surface area contributed by atoms with Crippen LogP contribution in [0, 0.1) is 63.1 Å². The van der Waals surface area contributed by atoms with Crippen LogP contribution in [-0.2, 0) is 25.5 Å². The van der Waals surface area contributed by atoms with Crippen LogP contribution < -0.4 is 0 Å². The highest BCUT2D eigenvalue weighted by Gasteiger charge is 2.78. The van der Waals surface area contributed by atoms with Crippen LogP contribution in [0.1, 0.15) is 135 Å². The number of carbonyl (C=O) groups excluding carboxylic acids is 2. The van der Waals surface area contributed by atoms with Crippen molar-refractivity contribution >= 4 is 11.9 Å². The third-order valence-electron chi connectivity index (χ3n) is 16.9. The van der Waals surface area contributed by atoms with Crippen molar-refractivity contribution in [2.24, 2.45) is 51.2 Å². The molecule has 304 valence electrons. The topological polar surface area (TPSA) is 113 Å². The summed E-state index contributed by atoms with van der Waals surface area (Å²) in [6.45, 7) is 6.79. The van der Waals surface area contributed by atoms with Crippen molar-refractivity contribution in [2.45, 2.75) is 160 Å². The number of aliphatic hydroxyl groups excluding tert-OH is 2. The Hall–Kier alpha value is -2.92. The lowest BCUT2D eigenvalue weighted by Crippen LogP contribution is -2.80. The number of carbonyl (C=O) groups is 2. The molecule has 0 aromatic heterocycles. The lowest BCUT2D eigenvalue weighted by Gasteiger charge is -2.72. The van der Waals surface area contributed by atoms with E-state index in [0.29, 0.717) is 44.4 Å². The van der Waals surface area contributed by atoms with Gasteiger partial charge in [0.1, 0.15) is 12.7 Å². The van der Waals surface area contributed by atoms with Crippen LogP contribution in [0.4, 0.5) is 0 Å². The maximum absolute atomic E-state index is 15.1. The molecule has 1 aromatic rings. The van der Waals surface area contributed by atoms with Gasteiger partial charge < -0.3 is 24.8 Å². The lowest BCUT2D eigenvalue weighted by atomic mass is 9.35. The highest BCUT2D eigenvalue weighted by molar-refractivity contribution is 5.85. The Morgan fingerprint density at radius 3 is 2.46 bits per heavy atom. The average Bonchev–Trinajstić information content (AvgIpc) is 3.89. The molecule has 8 rings (SSSR count). The van der Waals surface area contributed by atoms with E-state index in [2.05, 4.69) is 68.2 Å². The first-order valence-corrected chi connectivity index (χ1v) is 22.2. The van der Waals surface area contributed by atoms with Gasteiger partial charge in [-0.05, 0) is 112 Å². The summed E-state index contributed by atoms with van der Waals surface area (Å²) < 4.78 is 12.4. The van der Waals surface area contributed by atoms with Crippen molar-refractivity contribution in [1.29, 1.82) is 0 Å². The molecule has 7 aliphatic rings. The van der Waals surface area contributed by atoms with E-state index in [-0.39, 0.29) is 42.7 Å². The van der Waals surface area contributed by atoms with Crippen LogP contribution in [0.15, 0.2) is 54.1 Å². The molecule has 12 atom stereocenters. The van der Waals surface area contributed by atoms with Crippen LogP contribution in [-0.4, -0.2) is 57.8 Å². The first-order chi connectivity index (χ1) is 26.9. The Labute approximate surface area is 335 Å². The summed E-state index contributed by atoms with van der Waals surface area (Å²) in [5, 5.41) is 41.0. The van der Waals surface area contributed by atoms with Crippen molar-refractivity contribution in [1.82, 2.24) is 0 Å². The second-order valence-electron chi connectivity index (χ2n) is 19.9. The van der Waals surface area contributed by atoms with E-state index in [4.69, 9.17) is 9.47 Å². The third kappa shape index (κ3) is 6.44. The fraction of sp³-hybridized carbons (Fsp3) is 0.714. The van der Waals surface area contributed by atoms with E-state index in [1.54, 1.807) is 0 Å². The molecule has 1 spiro atoms. The molecule has 4 bridgehead atoms. The molecule has 56 heavy (non-hydrogen) atoms. The van der Waals surface area contributed by atoms with Crippen LogP contribution in [0.2, 0.25) is 0 Å². The third-order valence-corrected chi connectivity index (χ3v) is 16.9. The highest BCUT2D eigenvalue weighted by atomic mass is 16.5. The second-order valence-corrected chi connectivity index (χ2v) is 19.9. The van der Waals surface area contributed by atoms with Gasteiger partial charge in [-0.3, -0.25) is 4.79 Å². The van der Waals surface area contributed by atoms with Crippen LogP contribution in [0.3, 0.4) is 0 Å². The van der Waals surface area contributed by atoms with E-state index in [0.717, 1.165) is 76.2 Å². The second kappa shape index (κ2) is 15.4. The largest absolute Gasteiger partial charge is 0.462 e. The highest BCUT2D eigenvalue weighted by Crippen LogP contribution is 2.72. The van der Waals surface area contributed by atoms with E-state index in [1.807, 2.05) is 6.92 Å². The fourth-order valence-corrected chi connectivity index (χ4v) is 13.9. The molecule has 1 aromatic carbocycles. The van der Waals surface area contributed by atoms with Gasteiger partial charge in [0, 0.05) is 30.8 Å². The van der Waals surface area contributed by atoms with Gasteiger partial charge in [0.25, 0.3) is 0 Å². The van der Waals surface area contributed by atoms with Gasteiger partial charge in [-0.15, -0.1) is 5.92 Å². The monoisotopic (exact) mass is 766 g/mol. The smallest absolute Gasteiger partial charge is 0.331 e. The molecule has 0 unspecified atom stereocenters. The van der Waals surface area contributed by atoms with Crippen molar-refractivity contribution in [2.75, 3.05) is 6.61 Å². The minimum absolute atomic E-state index is 0.0708. The molecule has 4 fully saturated rings. The number of benzene rings is 1. The maximum atomic E-state index is 15.1. The van der Waals surface area contributed by atoms with Crippen molar-refractivity contribution in [3.05, 3.63) is 59.7 Å².